The maximum Gasteiger partial charge on any atom is 0.251 e. The number of benzene rings is 1. The molecule has 1 N–H and O–H groups in total. The van der Waals surface area contributed by atoms with Crippen molar-refractivity contribution in [1.29, 1.82) is 0 Å². The van der Waals surface area contributed by atoms with Crippen molar-refractivity contribution in [3.63, 3.8) is 0 Å². The second-order valence-corrected chi connectivity index (χ2v) is 6.54. The Morgan fingerprint density at radius 2 is 2.07 bits per heavy atom. The average Bonchev–Trinajstić information content (AvgIpc) is 2.69. The van der Waals surface area contributed by atoms with E-state index in [0.29, 0.717) is 11.6 Å². The summed E-state index contributed by atoms with van der Waals surface area (Å²) in [4.78, 5) is 7.42. The highest BCUT2D eigenvalue weighted by Gasteiger charge is 2.17. The van der Waals surface area contributed by atoms with Crippen LogP contribution in [0.25, 0.3) is 10.4 Å². The van der Waals surface area contributed by atoms with Crippen LogP contribution < -0.4 is 4.74 Å². The van der Waals surface area contributed by atoms with Crippen LogP contribution in [0.4, 0.5) is 14.5 Å². The van der Waals surface area contributed by atoms with Gasteiger partial charge in [0.1, 0.15) is 12.4 Å². The van der Waals surface area contributed by atoms with Gasteiger partial charge in [-0.15, -0.1) is 0 Å². The second kappa shape index (κ2) is 8.74. The molecule has 6 heteroatoms. The first-order valence-corrected chi connectivity index (χ1v) is 8.86. The third-order valence-electron chi connectivity index (χ3n) is 4.73. The van der Waals surface area contributed by atoms with Gasteiger partial charge in [-0.25, -0.2) is 18.6 Å². The summed E-state index contributed by atoms with van der Waals surface area (Å²) >= 11 is 0. The van der Waals surface area contributed by atoms with Gasteiger partial charge in [0.05, 0.1) is 12.3 Å². The van der Waals surface area contributed by atoms with Gasteiger partial charge in [-0.2, -0.15) is 0 Å². The van der Waals surface area contributed by atoms with Crippen LogP contribution in [0, 0.1) is 24.1 Å². The van der Waals surface area contributed by atoms with E-state index >= 15 is 0 Å². The summed E-state index contributed by atoms with van der Waals surface area (Å²) in [6, 6.07) is 6.99. The Kier molecular flexibility index (Phi) is 6.15. The molecular formula is C21H20F2N2O2. The average molecular weight is 370 g/mol. The maximum absolute atomic E-state index is 14.1. The van der Waals surface area contributed by atoms with Gasteiger partial charge >= 0.3 is 0 Å². The van der Waals surface area contributed by atoms with E-state index in [-0.39, 0.29) is 30.3 Å². The third kappa shape index (κ3) is 4.69. The molecule has 0 aliphatic heterocycles. The van der Waals surface area contributed by atoms with Crippen molar-refractivity contribution in [1.82, 2.24) is 4.98 Å². The number of hydrogen-bond acceptors (Lipinski definition) is 3. The van der Waals surface area contributed by atoms with Crippen molar-refractivity contribution in [2.24, 2.45) is 5.92 Å². The summed E-state index contributed by atoms with van der Waals surface area (Å²) in [5.41, 5.74) is 2.11. The predicted molar refractivity (Wildman–Crippen MR) is 98.2 cm³/mol. The normalized spacial score (nSPS) is 16.5. The lowest BCUT2D eigenvalue weighted by atomic mass is 9.86. The highest BCUT2D eigenvalue weighted by Crippen LogP contribution is 2.32. The van der Waals surface area contributed by atoms with E-state index in [0.717, 1.165) is 37.3 Å². The van der Waals surface area contributed by atoms with Gasteiger partial charge in [-0.3, -0.25) is 0 Å². The van der Waals surface area contributed by atoms with Gasteiger partial charge in [-0.1, -0.05) is 18.2 Å². The predicted octanol–water partition coefficient (Wildman–Crippen LogP) is 5.06. The monoisotopic (exact) mass is 370 g/mol. The Hall–Kier alpha value is -2.78. The SMILES string of the molecule is [C-]#[N+]c1ccc(COc2nc(C3=CCC(CCO)CC3)ccc2F)c(F)c1. The molecule has 1 unspecified atom stereocenters. The lowest BCUT2D eigenvalue weighted by molar-refractivity contribution is 0.251. The zero-order valence-corrected chi connectivity index (χ0v) is 14.8. The van der Waals surface area contributed by atoms with Crippen molar-refractivity contribution < 1.29 is 18.6 Å². The molecule has 27 heavy (non-hydrogen) atoms. The number of hydrogen-bond donors (Lipinski definition) is 1. The summed E-state index contributed by atoms with van der Waals surface area (Å²) in [6.07, 6.45) is 5.50. The molecule has 1 aromatic heterocycles. The number of aliphatic hydroxyl groups excluding tert-OH is 1. The molecule has 140 valence electrons. The highest BCUT2D eigenvalue weighted by atomic mass is 19.1. The van der Waals surface area contributed by atoms with Crippen LogP contribution in [0.2, 0.25) is 0 Å². The zero-order valence-electron chi connectivity index (χ0n) is 14.8. The van der Waals surface area contributed by atoms with Crippen molar-refractivity contribution in [2.45, 2.75) is 32.3 Å². The van der Waals surface area contributed by atoms with Crippen molar-refractivity contribution in [3.05, 3.63) is 70.7 Å². The number of rotatable bonds is 6. The summed E-state index contributed by atoms with van der Waals surface area (Å²) in [5.74, 6) is -0.868. The first-order chi connectivity index (χ1) is 13.1. The van der Waals surface area contributed by atoms with E-state index < -0.39 is 11.6 Å². The highest BCUT2D eigenvalue weighted by molar-refractivity contribution is 5.63. The molecule has 0 fully saturated rings. The molecule has 0 saturated heterocycles. The lowest BCUT2D eigenvalue weighted by Crippen LogP contribution is -2.08. The van der Waals surface area contributed by atoms with Crippen LogP contribution >= 0.6 is 0 Å². The number of aliphatic hydroxyl groups is 1. The standard InChI is InChI=1S/C21H20F2N2O2/c1-24-17-7-6-16(19(23)12-17)13-27-21-18(22)8-9-20(25-21)15-4-2-14(3-5-15)10-11-26/h4,6-9,12,14,26H,2-3,5,10-11,13H2. The Balaban J connectivity index is 1.72. The summed E-state index contributed by atoms with van der Waals surface area (Å²) < 4.78 is 33.4. The number of pyridine rings is 1. The van der Waals surface area contributed by atoms with Crippen molar-refractivity contribution >= 4 is 11.3 Å². The van der Waals surface area contributed by atoms with E-state index in [1.54, 1.807) is 6.07 Å². The topological polar surface area (TPSA) is 46.7 Å². The van der Waals surface area contributed by atoms with Crippen LogP contribution in [-0.2, 0) is 6.61 Å². The zero-order chi connectivity index (χ0) is 19.2. The van der Waals surface area contributed by atoms with E-state index in [2.05, 4.69) is 15.9 Å². The van der Waals surface area contributed by atoms with E-state index in [9.17, 15) is 8.78 Å². The molecule has 0 saturated carbocycles. The summed E-state index contributed by atoms with van der Waals surface area (Å²) in [6.45, 7) is 6.90. The quantitative estimate of drug-likeness (QED) is 0.724. The van der Waals surface area contributed by atoms with E-state index in [4.69, 9.17) is 16.4 Å². The molecule has 1 heterocycles. The van der Waals surface area contributed by atoms with Crippen molar-refractivity contribution in [2.75, 3.05) is 6.61 Å². The van der Waals surface area contributed by atoms with Crippen LogP contribution in [0.1, 0.15) is 36.9 Å². The Bertz CT molecular complexity index is 890. The summed E-state index contributed by atoms with van der Waals surface area (Å²) in [5, 5.41) is 9.04. The van der Waals surface area contributed by atoms with E-state index in [1.807, 2.05) is 0 Å². The van der Waals surface area contributed by atoms with Gasteiger partial charge in [0, 0.05) is 12.2 Å². The van der Waals surface area contributed by atoms with Crippen LogP contribution in [0.15, 0.2) is 36.4 Å². The minimum atomic E-state index is -0.605. The van der Waals surface area contributed by atoms with Gasteiger partial charge in [-0.05, 0) is 55.4 Å². The fraction of sp³-hybridized carbons (Fsp3) is 0.333. The molecule has 4 nitrogen and oxygen atoms in total. The fourth-order valence-electron chi connectivity index (χ4n) is 3.14. The first kappa shape index (κ1) is 19.0. The van der Waals surface area contributed by atoms with Crippen LogP contribution in [0.3, 0.4) is 0 Å². The Morgan fingerprint density at radius 1 is 1.22 bits per heavy atom. The van der Waals surface area contributed by atoms with Crippen LogP contribution in [-0.4, -0.2) is 16.7 Å². The summed E-state index contributed by atoms with van der Waals surface area (Å²) in [7, 11) is 0. The van der Waals surface area contributed by atoms with Crippen LogP contribution in [0.5, 0.6) is 5.88 Å². The lowest BCUT2D eigenvalue weighted by Gasteiger charge is -2.21. The minimum Gasteiger partial charge on any atom is -0.471 e. The molecule has 0 bridgehead atoms. The molecule has 0 amide bonds. The molecule has 1 aliphatic rings. The van der Waals surface area contributed by atoms with Gasteiger partial charge in [0.15, 0.2) is 11.5 Å². The molecule has 3 rings (SSSR count). The maximum atomic E-state index is 14.1. The number of ether oxygens (including phenoxy) is 1. The molecule has 2 aromatic rings. The molecule has 1 aromatic carbocycles. The number of halogens is 2. The minimum absolute atomic E-state index is 0.167. The van der Waals surface area contributed by atoms with Gasteiger partial charge in [0.25, 0.3) is 5.88 Å². The third-order valence-corrected chi connectivity index (χ3v) is 4.73. The van der Waals surface area contributed by atoms with E-state index in [1.165, 1.54) is 18.2 Å². The Labute approximate surface area is 157 Å². The molecule has 1 atom stereocenters. The van der Waals surface area contributed by atoms with Gasteiger partial charge in [0.2, 0.25) is 0 Å². The number of nitrogens with zero attached hydrogens (tertiary/aromatic N) is 2. The molecule has 0 radical (unpaired) electrons. The molecule has 1 aliphatic carbocycles. The molecule has 0 spiro atoms. The smallest absolute Gasteiger partial charge is 0.251 e. The van der Waals surface area contributed by atoms with Gasteiger partial charge < -0.3 is 9.84 Å². The molecular weight excluding hydrogens is 350 g/mol. The largest absolute Gasteiger partial charge is 0.471 e. The fourth-order valence-corrected chi connectivity index (χ4v) is 3.14. The number of aromatic nitrogens is 1. The second-order valence-electron chi connectivity index (χ2n) is 6.54. The van der Waals surface area contributed by atoms with Crippen molar-refractivity contribution in [3.8, 4) is 5.88 Å². The number of allylic oxidation sites excluding steroid dienone is 2. The Morgan fingerprint density at radius 3 is 2.74 bits per heavy atom. The first-order valence-electron chi connectivity index (χ1n) is 8.86.